The van der Waals surface area contributed by atoms with E-state index in [0.29, 0.717) is 0 Å². The maximum absolute atomic E-state index is 11.1. The van der Waals surface area contributed by atoms with Gasteiger partial charge in [0.1, 0.15) is 5.60 Å². The fourth-order valence-electron chi connectivity index (χ4n) is 2.87. The predicted octanol–water partition coefficient (Wildman–Crippen LogP) is 1.66. The van der Waals surface area contributed by atoms with Crippen molar-refractivity contribution >= 4 is 5.97 Å². The van der Waals surface area contributed by atoms with Crippen LogP contribution in [0.25, 0.3) is 0 Å². The van der Waals surface area contributed by atoms with Gasteiger partial charge in [-0.25, -0.2) is 0 Å². The molecule has 74 valence electrons. The first-order chi connectivity index (χ1) is 5.88. The molecule has 0 bridgehead atoms. The van der Waals surface area contributed by atoms with Crippen molar-refractivity contribution < 1.29 is 14.6 Å². The monoisotopic (exact) mass is 184 g/mol. The minimum absolute atomic E-state index is 0.131. The molecule has 1 saturated carbocycles. The molecule has 13 heavy (non-hydrogen) atoms. The molecule has 3 nitrogen and oxygen atoms in total. The van der Waals surface area contributed by atoms with Crippen LogP contribution in [0.5, 0.6) is 0 Å². The summed E-state index contributed by atoms with van der Waals surface area (Å²) in [6.07, 6.45) is 2.15. The van der Waals surface area contributed by atoms with Crippen molar-refractivity contribution in [2.75, 3.05) is 0 Å². The molecule has 3 unspecified atom stereocenters. The summed E-state index contributed by atoms with van der Waals surface area (Å²) in [6.45, 7) is 5.97. The van der Waals surface area contributed by atoms with Crippen LogP contribution in [0.2, 0.25) is 0 Å². The van der Waals surface area contributed by atoms with Gasteiger partial charge >= 0.3 is 5.97 Å². The summed E-state index contributed by atoms with van der Waals surface area (Å²) < 4.78 is 5.49. The van der Waals surface area contributed by atoms with Gasteiger partial charge in [0.15, 0.2) is 0 Å². The van der Waals surface area contributed by atoms with Gasteiger partial charge in [0.2, 0.25) is 0 Å². The highest BCUT2D eigenvalue weighted by atomic mass is 16.6. The molecule has 1 aliphatic heterocycles. The number of carboxylic acid groups (broad SMARTS) is 1. The van der Waals surface area contributed by atoms with E-state index in [2.05, 4.69) is 0 Å². The van der Waals surface area contributed by atoms with E-state index in [1.54, 1.807) is 0 Å². The topological polar surface area (TPSA) is 49.8 Å². The van der Waals surface area contributed by atoms with Crippen molar-refractivity contribution in [1.82, 2.24) is 0 Å². The molecule has 1 saturated heterocycles. The van der Waals surface area contributed by atoms with Crippen LogP contribution >= 0.6 is 0 Å². The van der Waals surface area contributed by atoms with Gasteiger partial charge < -0.3 is 9.84 Å². The van der Waals surface area contributed by atoms with Gasteiger partial charge in [0.05, 0.1) is 12.0 Å². The lowest BCUT2D eigenvalue weighted by molar-refractivity contribution is -0.150. The highest BCUT2D eigenvalue weighted by molar-refractivity contribution is 5.73. The first-order valence-electron chi connectivity index (χ1n) is 4.78. The minimum atomic E-state index is -0.713. The van der Waals surface area contributed by atoms with E-state index in [1.807, 2.05) is 20.8 Å². The number of carbonyl (C=O) groups is 1. The van der Waals surface area contributed by atoms with Gasteiger partial charge in [-0.05, 0) is 25.2 Å². The molecule has 0 aromatic carbocycles. The van der Waals surface area contributed by atoms with Gasteiger partial charge in [-0.15, -0.1) is 0 Å². The molecule has 2 rings (SSSR count). The summed E-state index contributed by atoms with van der Waals surface area (Å²) in [5.74, 6) is -1.06. The van der Waals surface area contributed by atoms with Crippen molar-refractivity contribution in [3.63, 3.8) is 0 Å². The molecule has 2 aliphatic rings. The molecule has 0 aromatic heterocycles. The van der Waals surface area contributed by atoms with E-state index in [9.17, 15) is 4.79 Å². The number of fused-ring (bicyclic) bond motifs is 1. The quantitative estimate of drug-likeness (QED) is 0.630. The van der Waals surface area contributed by atoms with Gasteiger partial charge in [-0.2, -0.15) is 0 Å². The second-order valence-corrected chi connectivity index (χ2v) is 5.09. The lowest BCUT2D eigenvalue weighted by Gasteiger charge is -2.37. The van der Waals surface area contributed by atoms with E-state index in [4.69, 9.17) is 9.84 Å². The average molecular weight is 184 g/mol. The summed E-state index contributed by atoms with van der Waals surface area (Å²) >= 11 is 0. The molecule has 0 spiro atoms. The molecular formula is C10H16O3. The third-order valence-corrected chi connectivity index (χ3v) is 3.63. The molecule has 1 N–H and O–H groups in total. The largest absolute Gasteiger partial charge is 0.481 e. The average Bonchev–Trinajstić information content (AvgIpc) is 2.56. The molecule has 1 heterocycles. The van der Waals surface area contributed by atoms with Gasteiger partial charge in [0, 0.05) is 0 Å². The molecule has 2 fully saturated rings. The standard InChI is InChI=1S/C10H16O3/c1-9(2)5-4-6-10(3,13-6)7(9)8(11)12/h6-7H,4-5H2,1-3H3,(H,11,12). The van der Waals surface area contributed by atoms with Gasteiger partial charge in [-0.3, -0.25) is 4.79 Å². The smallest absolute Gasteiger partial charge is 0.310 e. The molecular weight excluding hydrogens is 168 g/mol. The molecule has 0 aromatic rings. The van der Waals surface area contributed by atoms with Crippen LogP contribution in [-0.4, -0.2) is 22.8 Å². The van der Waals surface area contributed by atoms with E-state index in [0.717, 1.165) is 12.8 Å². The Morgan fingerprint density at radius 3 is 2.54 bits per heavy atom. The van der Waals surface area contributed by atoms with Crippen LogP contribution in [0.15, 0.2) is 0 Å². The van der Waals surface area contributed by atoms with Crippen LogP contribution in [0, 0.1) is 11.3 Å². The first-order valence-corrected chi connectivity index (χ1v) is 4.78. The van der Waals surface area contributed by atoms with E-state index >= 15 is 0 Å². The Balaban J connectivity index is 2.31. The summed E-state index contributed by atoms with van der Waals surface area (Å²) in [4.78, 5) is 11.1. The van der Waals surface area contributed by atoms with Crippen LogP contribution in [0.3, 0.4) is 0 Å². The SMILES string of the molecule is CC1(C)CCC2OC2(C)C1C(=O)O. The molecule has 0 radical (unpaired) electrons. The summed E-state index contributed by atoms with van der Waals surface area (Å²) in [5, 5.41) is 9.16. The van der Waals surface area contributed by atoms with Crippen molar-refractivity contribution in [1.29, 1.82) is 0 Å². The Hall–Kier alpha value is -0.570. The number of hydrogen-bond acceptors (Lipinski definition) is 2. The van der Waals surface area contributed by atoms with Crippen molar-refractivity contribution in [2.24, 2.45) is 11.3 Å². The van der Waals surface area contributed by atoms with Crippen LogP contribution < -0.4 is 0 Å². The van der Waals surface area contributed by atoms with Crippen LogP contribution in [0.4, 0.5) is 0 Å². The third kappa shape index (κ3) is 1.10. The fraction of sp³-hybridized carbons (Fsp3) is 0.900. The van der Waals surface area contributed by atoms with Crippen LogP contribution in [-0.2, 0) is 9.53 Å². The summed E-state index contributed by atoms with van der Waals surface area (Å²) in [5.41, 5.74) is -0.513. The normalized spacial score (nSPS) is 46.7. The van der Waals surface area contributed by atoms with Gasteiger partial charge in [-0.1, -0.05) is 13.8 Å². The van der Waals surface area contributed by atoms with Gasteiger partial charge in [0.25, 0.3) is 0 Å². The van der Waals surface area contributed by atoms with Crippen molar-refractivity contribution in [3.05, 3.63) is 0 Å². The highest BCUT2D eigenvalue weighted by Gasteiger charge is 2.66. The highest BCUT2D eigenvalue weighted by Crippen LogP contribution is 2.57. The third-order valence-electron chi connectivity index (χ3n) is 3.63. The van der Waals surface area contributed by atoms with Crippen molar-refractivity contribution in [3.8, 4) is 0 Å². The Morgan fingerprint density at radius 1 is 1.46 bits per heavy atom. The number of epoxide rings is 1. The number of ether oxygens (including phenoxy) is 1. The van der Waals surface area contributed by atoms with E-state index < -0.39 is 5.97 Å². The zero-order chi connectivity index (χ0) is 9.85. The number of aliphatic carboxylic acids is 1. The minimum Gasteiger partial charge on any atom is -0.481 e. The Morgan fingerprint density at radius 2 is 2.08 bits per heavy atom. The second kappa shape index (κ2) is 2.27. The Bertz CT molecular complexity index is 254. The maximum Gasteiger partial charge on any atom is 0.310 e. The van der Waals surface area contributed by atoms with E-state index in [-0.39, 0.29) is 23.0 Å². The van der Waals surface area contributed by atoms with E-state index in [1.165, 1.54) is 0 Å². The number of rotatable bonds is 1. The second-order valence-electron chi connectivity index (χ2n) is 5.09. The molecule has 3 atom stereocenters. The molecule has 1 aliphatic carbocycles. The first kappa shape index (κ1) is 9.00. The zero-order valence-corrected chi connectivity index (χ0v) is 8.33. The molecule has 3 heteroatoms. The Labute approximate surface area is 78.1 Å². The summed E-state index contributed by atoms with van der Waals surface area (Å²) in [7, 11) is 0. The van der Waals surface area contributed by atoms with Crippen LogP contribution in [0.1, 0.15) is 33.6 Å². The summed E-state index contributed by atoms with van der Waals surface area (Å²) in [6, 6.07) is 0. The number of carboxylic acids is 1. The fourth-order valence-corrected chi connectivity index (χ4v) is 2.87. The lowest BCUT2D eigenvalue weighted by atomic mass is 9.64. The lowest BCUT2D eigenvalue weighted by Crippen LogP contribution is -2.45. The number of hydrogen-bond donors (Lipinski definition) is 1. The van der Waals surface area contributed by atoms with Crippen molar-refractivity contribution in [2.45, 2.75) is 45.3 Å². The predicted molar refractivity (Wildman–Crippen MR) is 47.4 cm³/mol. The molecule has 0 amide bonds. The zero-order valence-electron chi connectivity index (χ0n) is 8.33. The Kier molecular flexibility index (Phi) is 1.57. The maximum atomic E-state index is 11.1.